The van der Waals surface area contributed by atoms with Gasteiger partial charge < -0.3 is 5.11 Å². The maximum absolute atomic E-state index is 10.6. The van der Waals surface area contributed by atoms with E-state index < -0.39 is 5.97 Å². The van der Waals surface area contributed by atoms with Crippen LogP contribution >= 0.6 is 11.6 Å². The highest BCUT2D eigenvalue weighted by Crippen LogP contribution is 2.21. The second-order valence-electron chi connectivity index (χ2n) is 2.51. The third-order valence-electron chi connectivity index (χ3n) is 1.76. The van der Waals surface area contributed by atoms with Crippen molar-refractivity contribution in [2.45, 2.75) is 6.92 Å². The van der Waals surface area contributed by atoms with Crippen molar-refractivity contribution in [3.05, 3.63) is 33.8 Å². The summed E-state index contributed by atoms with van der Waals surface area (Å²) in [6.07, 6.45) is 0. The molecule has 0 aliphatic carbocycles. The van der Waals surface area contributed by atoms with Crippen LogP contribution in [0.2, 0.25) is 5.02 Å². The number of rotatable bonds is 1. The number of hydrogen-bond donors (Lipinski definition) is 1. The third kappa shape index (κ3) is 1.63. The van der Waals surface area contributed by atoms with Crippen LogP contribution in [0, 0.1) is 18.3 Å². The van der Waals surface area contributed by atoms with E-state index in [4.69, 9.17) is 22.0 Å². The summed E-state index contributed by atoms with van der Waals surface area (Å²) in [5.74, 6) is -1.05. The molecule has 0 atom stereocenters. The largest absolute Gasteiger partial charge is 0.478 e. The van der Waals surface area contributed by atoms with E-state index in [-0.39, 0.29) is 16.1 Å². The second kappa shape index (κ2) is 3.46. The van der Waals surface area contributed by atoms with Crippen molar-refractivity contribution in [1.82, 2.24) is 0 Å². The Morgan fingerprint density at radius 1 is 1.62 bits per heavy atom. The van der Waals surface area contributed by atoms with Crippen molar-refractivity contribution in [3.63, 3.8) is 0 Å². The molecule has 0 unspecified atom stereocenters. The van der Waals surface area contributed by atoms with Crippen molar-refractivity contribution in [2.75, 3.05) is 0 Å². The van der Waals surface area contributed by atoms with E-state index in [1.165, 1.54) is 12.1 Å². The van der Waals surface area contributed by atoms with E-state index in [2.05, 4.69) is 0 Å². The smallest absolute Gasteiger partial charge is 0.335 e. The molecular weight excluding hydrogens is 190 g/mol. The van der Waals surface area contributed by atoms with Crippen LogP contribution in [0.25, 0.3) is 0 Å². The van der Waals surface area contributed by atoms with E-state index in [0.717, 1.165) is 0 Å². The van der Waals surface area contributed by atoms with E-state index in [1.807, 2.05) is 6.07 Å². The van der Waals surface area contributed by atoms with Gasteiger partial charge in [0, 0.05) is 0 Å². The van der Waals surface area contributed by atoms with Crippen LogP contribution in [0.4, 0.5) is 0 Å². The summed E-state index contributed by atoms with van der Waals surface area (Å²) in [6.45, 7) is 1.56. The standard InChI is InChI=1S/C9H6ClNO2/c1-5-6(9(12)13)2-3-8(10)7(5)4-11/h2-3H,1H3,(H,12,13). The predicted octanol–water partition coefficient (Wildman–Crippen LogP) is 2.22. The van der Waals surface area contributed by atoms with Gasteiger partial charge in [0.25, 0.3) is 0 Å². The minimum absolute atomic E-state index is 0.112. The molecule has 0 fully saturated rings. The number of halogens is 1. The summed E-state index contributed by atoms with van der Waals surface area (Å²) in [5, 5.41) is 17.7. The Labute approximate surface area is 80.2 Å². The quantitative estimate of drug-likeness (QED) is 0.748. The first-order valence-electron chi connectivity index (χ1n) is 3.50. The topological polar surface area (TPSA) is 61.1 Å². The maximum Gasteiger partial charge on any atom is 0.335 e. The van der Waals surface area contributed by atoms with Gasteiger partial charge in [0.15, 0.2) is 0 Å². The first kappa shape index (κ1) is 9.56. The molecule has 0 heterocycles. The van der Waals surface area contributed by atoms with Crippen LogP contribution in [0.3, 0.4) is 0 Å². The third-order valence-corrected chi connectivity index (χ3v) is 2.07. The van der Waals surface area contributed by atoms with Crippen molar-refractivity contribution in [2.24, 2.45) is 0 Å². The monoisotopic (exact) mass is 195 g/mol. The Bertz CT molecular complexity index is 407. The van der Waals surface area contributed by atoms with Crippen LogP contribution in [-0.2, 0) is 0 Å². The lowest BCUT2D eigenvalue weighted by Gasteiger charge is -2.03. The molecule has 0 aliphatic rings. The highest BCUT2D eigenvalue weighted by Gasteiger charge is 2.12. The summed E-state index contributed by atoms with van der Waals surface area (Å²) < 4.78 is 0. The molecule has 3 nitrogen and oxygen atoms in total. The van der Waals surface area contributed by atoms with Crippen LogP contribution in [0.15, 0.2) is 12.1 Å². The van der Waals surface area contributed by atoms with Crippen molar-refractivity contribution < 1.29 is 9.90 Å². The molecule has 0 amide bonds. The number of nitrogens with zero attached hydrogens (tertiary/aromatic N) is 1. The number of benzene rings is 1. The molecule has 66 valence electrons. The van der Waals surface area contributed by atoms with Gasteiger partial charge in [-0.2, -0.15) is 5.26 Å². The lowest BCUT2D eigenvalue weighted by molar-refractivity contribution is 0.0696. The lowest BCUT2D eigenvalue weighted by atomic mass is 10.0. The number of carboxylic acids is 1. The fourth-order valence-corrected chi connectivity index (χ4v) is 1.29. The van der Waals surface area contributed by atoms with Crippen LogP contribution in [0.5, 0.6) is 0 Å². The molecule has 1 aromatic rings. The SMILES string of the molecule is Cc1c(C(=O)O)ccc(Cl)c1C#N. The zero-order valence-electron chi connectivity index (χ0n) is 6.84. The van der Waals surface area contributed by atoms with E-state index in [1.54, 1.807) is 6.92 Å². The number of carboxylic acid groups (broad SMARTS) is 1. The zero-order valence-corrected chi connectivity index (χ0v) is 7.59. The zero-order chi connectivity index (χ0) is 10.0. The van der Waals surface area contributed by atoms with Gasteiger partial charge in [0.1, 0.15) is 6.07 Å². The number of aromatic carboxylic acids is 1. The normalized spacial score (nSPS) is 9.31. The summed E-state index contributed by atoms with van der Waals surface area (Å²) in [4.78, 5) is 10.6. The molecule has 0 spiro atoms. The average molecular weight is 196 g/mol. The molecular formula is C9H6ClNO2. The molecule has 0 aliphatic heterocycles. The summed E-state index contributed by atoms with van der Waals surface area (Å²) in [7, 11) is 0. The Balaban J connectivity index is 3.47. The van der Waals surface area contributed by atoms with Gasteiger partial charge in [-0.25, -0.2) is 4.79 Å². The molecule has 0 saturated heterocycles. The molecule has 1 rings (SSSR count). The maximum atomic E-state index is 10.6. The van der Waals surface area contributed by atoms with Gasteiger partial charge >= 0.3 is 5.97 Å². The van der Waals surface area contributed by atoms with Gasteiger partial charge in [0.05, 0.1) is 16.1 Å². The first-order valence-corrected chi connectivity index (χ1v) is 3.88. The Morgan fingerprint density at radius 3 is 2.69 bits per heavy atom. The second-order valence-corrected chi connectivity index (χ2v) is 2.92. The van der Waals surface area contributed by atoms with E-state index in [0.29, 0.717) is 5.56 Å². The van der Waals surface area contributed by atoms with Crippen molar-refractivity contribution in [1.29, 1.82) is 5.26 Å². The van der Waals surface area contributed by atoms with Gasteiger partial charge in [-0.05, 0) is 24.6 Å². The van der Waals surface area contributed by atoms with Crippen LogP contribution < -0.4 is 0 Å². The molecule has 0 aromatic heterocycles. The fraction of sp³-hybridized carbons (Fsp3) is 0.111. The minimum atomic E-state index is -1.05. The molecule has 1 aromatic carbocycles. The van der Waals surface area contributed by atoms with Gasteiger partial charge in [0.2, 0.25) is 0 Å². The van der Waals surface area contributed by atoms with E-state index in [9.17, 15) is 4.79 Å². The van der Waals surface area contributed by atoms with Gasteiger partial charge in [-0.1, -0.05) is 11.6 Å². The summed E-state index contributed by atoms with van der Waals surface area (Å²) in [6, 6.07) is 4.67. The van der Waals surface area contributed by atoms with Crippen molar-refractivity contribution >= 4 is 17.6 Å². The highest BCUT2D eigenvalue weighted by atomic mass is 35.5. The first-order chi connectivity index (χ1) is 6.07. The Kier molecular flexibility index (Phi) is 2.54. The fourth-order valence-electron chi connectivity index (χ4n) is 1.05. The highest BCUT2D eigenvalue weighted by molar-refractivity contribution is 6.32. The van der Waals surface area contributed by atoms with E-state index >= 15 is 0 Å². The average Bonchev–Trinajstić information content (AvgIpc) is 2.04. The summed E-state index contributed by atoms with van der Waals surface area (Å²) in [5.41, 5.74) is 0.741. The lowest BCUT2D eigenvalue weighted by Crippen LogP contribution is -2.01. The van der Waals surface area contributed by atoms with Gasteiger partial charge in [-0.15, -0.1) is 0 Å². The molecule has 4 heteroatoms. The number of nitriles is 1. The Morgan fingerprint density at radius 2 is 2.23 bits per heavy atom. The molecule has 1 N–H and O–H groups in total. The van der Waals surface area contributed by atoms with Crippen LogP contribution in [0.1, 0.15) is 21.5 Å². The molecule has 13 heavy (non-hydrogen) atoms. The molecule has 0 saturated carbocycles. The molecule has 0 radical (unpaired) electrons. The molecule has 0 bridgehead atoms. The van der Waals surface area contributed by atoms with Gasteiger partial charge in [-0.3, -0.25) is 0 Å². The Hall–Kier alpha value is -1.53. The summed E-state index contributed by atoms with van der Waals surface area (Å²) >= 11 is 5.69. The number of hydrogen-bond acceptors (Lipinski definition) is 2. The predicted molar refractivity (Wildman–Crippen MR) is 47.9 cm³/mol. The van der Waals surface area contributed by atoms with Crippen molar-refractivity contribution in [3.8, 4) is 6.07 Å². The minimum Gasteiger partial charge on any atom is -0.478 e. The van der Waals surface area contributed by atoms with Crippen LogP contribution in [-0.4, -0.2) is 11.1 Å². The number of carbonyl (C=O) groups is 1.